The predicted octanol–water partition coefficient (Wildman–Crippen LogP) is 2.78. The van der Waals surface area contributed by atoms with Crippen molar-refractivity contribution in [3.63, 3.8) is 0 Å². The van der Waals surface area contributed by atoms with Gasteiger partial charge in [-0.25, -0.2) is 0 Å². The highest BCUT2D eigenvalue weighted by molar-refractivity contribution is 6.35. The van der Waals surface area contributed by atoms with Crippen LogP contribution in [0.25, 0.3) is 0 Å². The summed E-state index contributed by atoms with van der Waals surface area (Å²) >= 11 is 0. The number of rotatable bonds is 13. The fourth-order valence-corrected chi connectivity index (χ4v) is 2.04. The van der Waals surface area contributed by atoms with E-state index in [1.54, 1.807) is 0 Å². The Morgan fingerprint density at radius 2 is 1.32 bits per heavy atom. The van der Waals surface area contributed by atoms with Crippen molar-refractivity contribution in [1.82, 2.24) is 10.6 Å². The topological polar surface area (TPSA) is 67.4 Å². The van der Waals surface area contributed by atoms with Gasteiger partial charge in [-0.1, -0.05) is 45.4 Å². The Labute approximate surface area is 135 Å². The molecule has 0 rings (SSSR count). The number of carbonyl (C=O) groups is 2. The molecule has 0 aromatic heterocycles. The number of ether oxygens (including phenoxy) is 1. The van der Waals surface area contributed by atoms with Gasteiger partial charge in [-0.2, -0.15) is 0 Å². The smallest absolute Gasteiger partial charge is 0.309 e. The molecule has 0 radical (unpaired) electrons. The normalized spacial score (nSPS) is 10.7. The quantitative estimate of drug-likeness (QED) is 0.406. The number of amides is 2. The number of unbranched alkanes of at least 4 members (excludes halogenated alkanes) is 6. The average Bonchev–Trinajstić information content (AvgIpc) is 2.48. The van der Waals surface area contributed by atoms with E-state index in [1.165, 1.54) is 32.1 Å². The van der Waals surface area contributed by atoms with E-state index < -0.39 is 11.8 Å². The van der Waals surface area contributed by atoms with E-state index in [2.05, 4.69) is 17.6 Å². The van der Waals surface area contributed by atoms with Gasteiger partial charge in [-0.05, 0) is 26.7 Å². The van der Waals surface area contributed by atoms with Crippen LogP contribution < -0.4 is 10.6 Å². The van der Waals surface area contributed by atoms with Crippen molar-refractivity contribution in [2.24, 2.45) is 0 Å². The van der Waals surface area contributed by atoms with Gasteiger partial charge in [0.1, 0.15) is 0 Å². The van der Waals surface area contributed by atoms with Crippen LogP contribution in [0.5, 0.6) is 0 Å². The number of hydrogen-bond donors (Lipinski definition) is 2. The fourth-order valence-electron chi connectivity index (χ4n) is 2.04. The summed E-state index contributed by atoms with van der Waals surface area (Å²) in [4.78, 5) is 23.0. The zero-order valence-electron chi connectivity index (χ0n) is 14.6. The highest BCUT2D eigenvalue weighted by Gasteiger charge is 2.11. The van der Waals surface area contributed by atoms with Crippen molar-refractivity contribution >= 4 is 11.8 Å². The lowest BCUT2D eigenvalue weighted by atomic mass is 10.1. The zero-order chi connectivity index (χ0) is 16.6. The van der Waals surface area contributed by atoms with Gasteiger partial charge < -0.3 is 15.4 Å². The molecule has 0 aliphatic rings. The molecule has 0 fully saturated rings. The lowest BCUT2D eigenvalue weighted by Gasteiger charge is -2.08. The highest BCUT2D eigenvalue weighted by atomic mass is 16.5. The van der Waals surface area contributed by atoms with Crippen LogP contribution in [0.2, 0.25) is 0 Å². The average molecular weight is 314 g/mol. The highest BCUT2D eigenvalue weighted by Crippen LogP contribution is 2.06. The maximum atomic E-state index is 11.5. The molecule has 0 spiro atoms. The summed E-state index contributed by atoms with van der Waals surface area (Å²) in [6, 6.07) is 0. The zero-order valence-corrected chi connectivity index (χ0v) is 14.6. The molecule has 0 aliphatic carbocycles. The van der Waals surface area contributed by atoms with E-state index in [1.807, 2.05) is 13.8 Å². The molecule has 0 saturated heterocycles. The van der Waals surface area contributed by atoms with Crippen LogP contribution in [0.4, 0.5) is 0 Å². The van der Waals surface area contributed by atoms with Crippen molar-refractivity contribution in [3.8, 4) is 0 Å². The summed E-state index contributed by atoms with van der Waals surface area (Å²) < 4.78 is 5.36. The molecule has 0 saturated carbocycles. The minimum absolute atomic E-state index is 0.195. The van der Waals surface area contributed by atoms with E-state index in [0.717, 1.165) is 19.3 Å². The lowest BCUT2D eigenvalue weighted by Crippen LogP contribution is -2.40. The van der Waals surface area contributed by atoms with E-state index in [0.29, 0.717) is 19.7 Å². The molecule has 0 atom stereocenters. The van der Waals surface area contributed by atoms with Crippen LogP contribution in [-0.4, -0.2) is 37.6 Å². The summed E-state index contributed by atoms with van der Waals surface area (Å²) in [5.41, 5.74) is 0. The second kappa shape index (κ2) is 14.8. The van der Waals surface area contributed by atoms with Crippen LogP contribution in [-0.2, 0) is 14.3 Å². The Kier molecular flexibility index (Phi) is 14.1. The lowest BCUT2D eigenvalue weighted by molar-refractivity contribution is -0.139. The Balaban J connectivity index is 3.41. The second-order valence-electron chi connectivity index (χ2n) is 5.91. The Morgan fingerprint density at radius 1 is 0.818 bits per heavy atom. The molecule has 5 heteroatoms. The van der Waals surface area contributed by atoms with Crippen molar-refractivity contribution in [2.45, 2.75) is 78.2 Å². The molecular formula is C17H34N2O3. The number of nitrogens with one attached hydrogen (secondary N) is 2. The molecule has 0 heterocycles. The van der Waals surface area contributed by atoms with Gasteiger partial charge >= 0.3 is 11.8 Å². The maximum absolute atomic E-state index is 11.5. The monoisotopic (exact) mass is 314 g/mol. The Hall–Kier alpha value is -1.10. The van der Waals surface area contributed by atoms with Gasteiger partial charge in [0.15, 0.2) is 0 Å². The van der Waals surface area contributed by atoms with Crippen LogP contribution in [0, 0.1) is 0 Å². The third-order valence-corrected chi connectivity index (χ3v) is 3.33. The molecule has 5 nitrogen and oxygen atoms in total. The molecule has 2 amide bonds. The summed E-state index contributed by atoms with van der Waals surface area (Å²) in [5, 5.41) is 5.26. The minimum Gasteiger partial charge on any atom is -0.379 e. The summed E-state index contributed by atoms with van der Waals surface area (Å²) in [6.07, 6.45) is 9.29. The SMILES string of the molecule is CCCCCCCCCNC(=O)C(=O)NCCCOC(C)C. The molecule has 22 heavy (non-hydrogen) atoms. The first kappa shape index (κ1) is 20.9. The fraction of sp³-hybridized carbons (Fsp3) is 0.882. The first-order valence-corrected chi connectivity index (χ1v) is 8.75. The van der Waals surface area contributed by atoms with Gasteiger partial charge in [0.05, 0.1) is 6.10 Å². The summed E-state index contributed by atoms with van der Waals surface area (Å²) in [7, 11) is 0. The largest absolute Gasteiger partial charge is 0.379 e. The first-order valence-electron chi connectivity index (χ1n) is 8.75. The van der Waals surface area contributed by atoms with Gasteiger partial charge in [0, 0.05) is 19.7 Å². The van der Waals surface area contributed by atoms with Crippen LogP contribution in [0.1, 0.15) is 72.1 Å². The third kappa shape index (κ3) is 13.9. The van der Waals surface area contributed by atoms with Crippen molar-refractivity contribution < 1.29 is 14.3 Å². The van der Waals surface area contributed by atoms with Crippen LogP contribution >= 0.6 is 0 Å². The van der Waals surface area contributed by atoms with E-state index in [9.17, 15) is 9.59 Å². The van der Waals surface area contributed by atoms with Gasteiger partial charge in [-0.15, -0.1) is 0 Å². The van der Waals surface area contributed by atoms with Crippen molar-refractivity contribution in [3.05, 3.63) is 0 Å². The molecule has 0 aromatic rings. The summed E-state index contributed by atoms with van der Waals surface area (Å²) in [5.74, 6) is -1.08. The van der Waals surface area contributed by atoms with Gasteiger partial charge in [0.25, 0.3) is 0 Å². The molecule has 0 unspecified atom stereocenters. The number of carbonyl (C=O) groups excluding carboxylic acids is 2. The number of hydrogen-bond acceptors (Lipinski definition) is 3. The van der Waals surface area contributed by atoms with Gasteiger partial charge in [0.2, 0.25) is 0 Å². The molecular weight excluding hydrogens is 280 g/mol. The Morgan fingerprint density at radius 3 is 1.86 bits per heavy atom. The van der Waals surface area contributed by atoms with Crippen LogP contribution in [0.15, 0.2) is 0 Å². The van der Waals surface area contributed by atoms with E-state index >= 15 is 0 Å². The van der Waals surface area contributed by atoms with E-state index in [-0.39, 0.29) is 6.10 Å². The maximum Gasteiger partial charge on any atom is 0.309 e. The Bertz CT molecular complexity index is 294. The predicted molar refractivity (Wildman–Crippen MR) is 89.7 cm³/mol. The minimum atomic E-state index is -0.549. The standard InChI is InChI=1S/C17H34N2O3/c1-4-5-6-7-8-9-10-12-18-16(20)17(21)19-13-11-14-22-15(2)3/h15H,4-14H2,1-3H3,(H,18,20)(H,19,21). The molecule has 2 N–H and O–H groups in total. The summed E-state index contributed by atoms with van der Waals surface area (Å²) in [6.45, 7) is 7.79. The molecule has 130 valence electrons. The van der Waals surface area contributed by atoms with Crippen molar-refractivity contribution in [1.29, 1.82) is 0 Å². The molecule has 0 aliphatic heterocycles. The van der Waals surface area contributed by atoms with Gasteiger partial charge in [-0.3, -0.25) is 9.59 Å². The second-order valence-corrected chi connectivity index (χ2v) is 5.91. The van der Waals surface area contributed by atoms with Crippen LogP contribution in [0.3, 0.4) is 0 Å². The molecule has 0 bridgehead atoms. The molecule has 0 aromatic carbocycles. The van der Waals surface area contributed by atoms with E-state index in [4.69, 9.17) is 4.74 Å². The third-order valence-electron chi connectivity index (χ3n) is 3.33. The van der Waals surface area contributed by atoms with Crippen molar-refractivity contribution in [2.75, 3.05) is 19.7 Å². The first-order chi connectivity index (χ1) is 10.6.